The standard InChI is InChI=1S/C13H31N3O3/c1-2-6-13(11(15)4-8-17,12(16)5-9-18)19-10-3-7-14/h11-12,17-18H,2-10,14-16H2,1H3. The average Bonchev–Trinajstić information content (AvgIpc) is 2.38. The van der Waals surface area contributed by atoms with Gasteiger partial charge in [-0.2, -0.15) is 0 Å². The first-order valence-electron chi connectivity index (χ1n) is 7.15. The molecule has 8 N–H and O–H groups in total. The minimum atomic E-state index is -0.699. The maximum absolute atomic E-state index is 9.11. The lowest BCUT2D eigenvalue weighted by Gasteiger charge is -2.43. The van der Waals surface area contributed by atoms with Crippen LogP contribution in [0.3, 0.4) is 0 Å². The van der Waals surface area contributed by atoms with Gasteiger partial charge >= 0.3 is 0 Å². The Balaban J connectivity index is 4.96. The Morgan fingerprint density at radius 3 is 2.00 bits per heavy atom. The molecule has 0 heterocycles. The van der Waals surface area contributed by atoms with Gasteiger partial charge in [0, 0.05) is 31.9 Å². The van der Waals surface area contributed by atoms with E-state index in [-0.39, 0.29) is 25.3 Å². The summed E-state index contributed by atoms with van der Waals surface area (Å²) in [6, 6.07) is -0.700. The SMILES string of the molecule is CCCC(OCCCN)(C(N)CCO)C(N)CCO. The zero-order valence-corrected chi connectivity index (χ0v) is 12.1. The quantitative estimate of drug-likeness (QED) is 0.300. The molecule has 0 saturated carbocycles. The molecule has 0 amide bonds. The Bertz CT molecular complexity index is 205. The number of aliphatic hydroxyl groups excluding tert-OH is 2. The van der Waals surface area contributed by atoms with Crippen molar-refractivity contribution in [2.75, 3.05) is 26.4 Å². The highest BCUT2D eigenvalue weighted by molar-refractivity contribution is 4.99. The molecule has 19 heavy (non-hydrogen) atoms. The molecule has 0 aliphatic carbocycles. The van der Waals surface area contributed by atoms with Crippen molar-refractivity contribution in [2.45, 2.75) is 56.7 Å². The normalized spacial score (nSPS) is 18.0. The van der Waals surface area contributed by atoms with Gasteiger partial charge in [0.2, 0.25) is 0 Å². The topological polar surface area (TPSA) is 128 Å². The van der Waals surface area contributed by atoms with E-state index < -0.39 is 5.60 Å². The molecule has 2 unspecified atom stereocenters. The van der Waals surface area contributed by atoms with Crippen molar-refractivity contribution in [1.82, 2.24) is 0 Å². The Labute approximate surface area is 116 Å². The molecule has 0 aromatic rings. The van der Waals surface area contributed by atoms with Gasteiger partial charge in [-0.25, -0.2) is 0 Å². The lowest BCUT2D eigenvalue weighted by atomic mass is 9.80. The minimum Gasteiger partial charge on any atom is -0.396 e. The summed E-state index contributed by atoms with van der Waals surface area (Å²) in [4.78, 5) is 0. The predicted molar refractivity (Wildman–Crippen MR) is 76.6 cm³/mol. The zero-order valence-electron chi connectivity index (χ0n) is 12.1. The van der Waals surface area contributed by atoms with Crippen LogP contribution in [0.25, 0.3) is 0 Å². The molecule has 0 aromatic heterocycles. The van der Waals surface area contributed by atoms with Crippen molar-refractivity contribution in [3.63, 3.8) is 0 Å². The van der Waals surface area contributed by atoms with Crippen molar-refractivity contribution >= 4 is 0 Å². The van der Waals surface area contributed by atoms with E-state index in [1.54, 1.807) is 0 Å². The minimum absolute atomic E-state index is 0.00127. The van der Waals surface area contributed by atoms with Gasteiger partial charge in [-0.3, -0.25) is 0 Å². The monoisotopic (exact) mass is 277 g/mol. The van der Waals surface area contributed by atoms with E-state index in [1.165, 1.54) is 0 Å². The number of hydrogen-bond acceptors (Lipinski definition) is 6. The van der Waals surface area contributed by atoms with Gasteiger partial charge in [-0.05, 0) is 32.2 Å². The van der Waals surface area contributed by atoms with Crippen molar-refractivity contribution in [2.24, 2.45) is 17.2 Å². The summed E-state index contributed by atoms with van der Waals surface area (Å²) in [6.07, 6.45) is 3.19. The fourth-order valence-electron chi connectivity index (χ4n) is 2.44. The molecular formula is C13H31N3O3. The van der Waals surface area contributed by atoms with Crippen LogP contribution in [-0.4, -0.2) is 54.3 Å². The molecule has 116 valence electrons. The molecule has 0 saturated heterocycles. The lowest BCUT2D eigenvalue weighted by Crippen LogP contribution is -2.61. The lowest BCUT2D eigenvalue weighted by molar-refractivity contribution is -0.0940. The second-order valence-electron chi connectivity index (χ2n) is 4.93. The van der Waals surface area contributed by atoms with E-state index in [9.17, 15) is 0 Å². The largest absolute Gasteiger partial charge is 0.396 e. The Morgan fingerprint density at radius 2 is 1.63 bits per heavy atom. The van der Waals surface area contributed by atoms with Crippen molar-refractivity contribution < 1.29 is 14.9 Å². The van der Waals surface area contributed by atoms with Gasteiger partial charge in [0.1, 0.15) is 0 Å². The third-order valence-corrected chi connectivity index (χ3v) is 3.50. The van der Waals surface area contributed by atoms with E-state index in [1.807, 2.05) is 6.92 Å². The van der Waals surface area contributed by atoms with Gasteiger partial charge in [-0.1, -0.05) is 13.3 Å². The first-order chi connectivity index (χ1) is 9.08. The molecule has 0 aliphatic rings. The van der Waals surface area contributed by atoms with E-state index in [0.29, 0.717) is 32.4 Å². The zero-order chi connectivity index (χ0) is 14.7. The van der Waals surface area contributed by atoms with Crippen molar-refractivity contribution in [3.05, 3.63) is 0 Å². The van der Waals surface area contributed by atoms with Gasteiger partial charge in [-0.15, -0.1) is 0 Å². The molecule has 2 atom stereocenters. The van der Waals surface area contributed by atoms with Gasteiger partial charge < -0.3 is 32.2 Å². The summed E-state index contributed by atoms with van der Waals surface area (Å²) < 4.78 is 5.99. The number of nitrogens with two attached hydrogens (primary N) is 3. The molecule has 0 aliphatic heterocycles. The Kier molecular flexibility index (Phi) is 10.4. The van der Waals surface area contributed by atoms with E-state index in [2.05, 4.69) is 0 Å². The average molecular weight is 277 g/mol. The number of ether oxygens (including phenoxy) is 1. The number of hydrogen-bond donors (Lipinski definition) is 5. The summed E-state index contributed by atoms with van der Waals surface area (Å²) in [5.74, 6) is 0. The molecule has 0 aromatic carbocycles. The molecule has 0 rings (SSSR count). The second kappa shape index (κ2) is 10.5. The maximum atomic E-state index is 9.11. The number of aliphatic hydroxyl groups is 2. The van der Waals surface area contributed by atoms with E-state index in [4.69, 9.17) is 32.2 Å². The van der Waals surface area contributed by atoms with Gasteiger partial charge in [0.15, 0.2) is 0 Å². The summed E-state index contributed by atoms with van der Waals surface area (Å²) in [5, 5.41) is 18.2. The van der Waals surface area contributed by atoms with Crippen LogP contribution in [0.2, 0.25) is 0 Å². The first kappa shape index (κ1) is 18.8. The number of rotatable bonds is 12. The fraction of sp³-hybridized carbons (Fsp3) is 1.00. The Hall–Kier alpha value is -0.240. The molecule has 0 fully saturated rings. The first-order valence-corrected chi connectivity index (χ1v) is 7.15. The van der Waals surface area contributed by atoms with Crippen LogP contribution in [0.1, 0.15) is 39.0 Å². The highest BCUT2D eigenvalue weighted by atomic mass is 16.5. The van der Waals surface area contributed by atoms with Crippen LogP contribution in [0.5, 0.6) is 0 Å². The molecule has 0 spiro atoms. The predicted octanol–water partition coefficient (Wildman–Crippen LogP) is -0.690. The van der Waals surface area contributed by atoms with Crippen LogP contribution >= 0.6 is 0 Å². The molecular weight excluding hydrogens is 246 g/mol. The third kappa shape index (κ3) is 5.72. The fourth-order valence-corrected chi connectivity index (χ4v) is 2.44. The van der Waals surface area contributed by atoms with E-state index >= 15 is 0 Å². The summed E-state index contributed by atoms with van der Waals surface area (Å²) in [5.41, 5.74) is 17.1. The van der Waals surface area contributed by atoms with Crippen LogP contribution in [0.15, 0.2) is 0 Å². The van der Waals surface area contributed by atoms with E-state index in [0.717, 1.165) is 12.8 Å². The third-order valence-electron chi connectivity index (χ3n) is 3.50. The van der Waals surface area contributed by atoms with Crippen LogP contribution in [0, 0.1) is 0 Å². The van der Waals surface area contributed by atoms with Gasteiger partial charge in [0.25, 0.3) is 0 Å². The molecule has 6 heteroatoms. The molecule has 0 radical (unpaired) electrons. The van der Waals surface area contributed by atoms with Crippen molar-refractivity contribution in [3.8, 4) is 0 Å². The maximum Gasteiger partial charge on any atom is 0.0983 e. The van der Waals surface area contributed by atoms with Gasteiger partial charge in [0.05, 0.1) is 5.60 Å². The highest BCUT2D eigenvalue weighted by Gasteiger charge is 2.42. The summed E-state index contributed by atoms with van der Waals surface area (Å²) in [7, 11) is 0. The molecule has 0 bridgehead atoms. The highest BCUT2D eigenvalue weighted by Crippen LogP contribution is 2.28. The van der Waals surface area contributed by atoms with Crippen LogP contribution in [-0.2, 0) is 4.74 Å². The van der Waals surface area contributed by atoms with Crippen LogP contribution < -0.4 is 17.2 Å². The Morgan fingerprint density at radius 1 is 1.11 bits per heavy atom. The van der Waals surface area contributed by atoms with Crippen molar-refractivity contribution in [1.29, 1.82) is 0 Å². The molecule has 6 nitrogen and oxygen atoms in total. The summed E-state index contributed by atoms with van der Waals surface area (Å²) in [6.45, 7) is 3.08. The second-order valence-corrected chi connectivity index (χ2v) is 4.93. The smallest absolute Gasteiger partial charge is 0.0983 e. The van der Waals surface area contributed by atoms with Crippen LogP contribution in [0.4, 0.5) is 0 Å². The summed E-state index contributed by atoms with van der Waals surface area (Å²) >= 11 is 0.